The van der Waals surface area contributed by atoms with Crippen LogP contribution < -0.4 is 4.72 Å². The fourth-order valence-corrected chi connectivity index (χ4v) is 4.59. The van der Waals surface area contributed by atoms with Crippen LogP contribution in [-0.4, -0.2) is 69.9 Å². The molecule has 142 valence electrons. The van der Waals surface area contributed by atoms with Gasteiger partial charge in [0.05, 0.1) is 6.26 Å². The van der Waals surface area contributed by atoms with Crippen LogP contribution in [0.1, 0.15) is 31.3 Å². The number of sulfonamides is 2. The van der Waals surface area contributed by atoms with Crippen molar-refractivity contribution in [3.63, 3.8) is 0 Å². The monoisotopic (exact) mass is 393 g/mol. The first-order valence-electron chi connectivity index (χ1n) is 7.68. The largest absolute Gasteiger partial charge is 0.438 e. The SMILES string of the molecule is CC(C)(C)NS(=O)(=O)c1ccc(C(=O)N2CCN(S(C)(=O)=O)CC2)o1. The number of amides is 1. The molecule has 0 bridgehead atoms. The molecule has 0 atom stereocenters. The summed E-state index contributed by atoms with van der Waals surface area (Å²) in [7, 11) is -7.15. The van der Waals surface area contributed by atoms with E-state index in [2.05, 4.69) is 4.72 Å². The van der Waals surface area contributed by atoms with E-state index in [1.165, 1.54) is 21.3 Å². The summed E-state index contributed by atoms with van der Waals surface area (Å²) in [5.74, 6) is -0.563. The summed E-state index contributed by atoms with van der Waals surface area (Å²) < 4.78 is 56.4. The second-order valence-electron chi connectivity index (χ2n) is 6.93. The van der Waals surface area contributed by atoms with Gasteiger partial charge < -0.3 is 9.32 Å². The molecular formula is C14H23N3O6S2. The van der Waals surface area contributed by atoms with E-state index >= 15 is 0 Å². The Morgan fingerprint density at radius 3 is 2.12 bits per heavy atom. The lowest BCUT2D eigenvalue weighted by Gasteiger charge is -2.32. The average molecular weight is 393 g/mol. The Bertz CT molecular complexity index is 843. The standard InChI is InChI=1S/C14H23N3O6S2/c1-14(2,3)15-25(21,22)12-6-5-11(23-12)13(18)16-7-9-17(10-8-16)24(4,19)20/h5-6,15H,7-10H2,1-4H3. The van der Waals surface area contributed by atoms with Crippen molar-refractivity contribution in [3.8, 4) is 0 Å². The van der Waals surface area contributed by atoms with Crippen molar-refractivity contribution in [3.05, 3.63) is 17.9 Å². The normalized spacial score (nSPS) is 17.7. The highest BCUT2D eigenvalue weighted by atomic mass is 32.2. The van der Waals surface area contributed by atoms with Crippen LogP contribution in [0.4, 0.5) is 0 Å². The van der Waals surface area contributed by atoms with Gasteiger partial charge in [0.25, 0.3) is 15.9 Å². The third-order valence-electron chi connectivity index (χ3n) is 3.49. The minimum atomic E-state index is -3.86. The summed E-state index contributed by atoms with van der Waals surface area (Å²) in [4.78, 5) is 13.9. The average Bonchev–Trinajstić information content (AvgIpc) is 2.94. The van der Waals surface area contributed by atoms with Crippen LogP contribution in [0.5, 0.6) is 0 Å². The number of furan rings is 1. The summed E-state index contributed by atoms with van der Waals surface area (Å²) >= 11 is 0. The van der Waals surface area contributed by atoms with Gasteiger partial charge in [0, 0.05) is 31.7 Å². The van der Waals surface area contributed by atoms with E-state index in [1.54, 1.807) is 20.8 Å². The number of carbonyl (C=O) groups is 1. The maximum Gasteiger partial charge on any atom is 0.289 e. The molecule has 1 aliphatic rings. The summed E-state index contributed by atoms with van der Waals surface area (Å²) in [6, 6.07) is 2.54. The van der Waals surface area contributed by atoms with Crippen LogP contribution in [-0.2, 0) is 20.0 Å². The zero-order valence-electron chi connectivity index (χ0n) is 14.6. The summed E-state index contributed by atoms with van der Waals surface area (Å²) in [5.41, 5.74) is -0.683. The molecule has 0 saturated carbocycles. The lowest BCUT2D eigenvalue weighted by molar-refractivity contribution is 0.0660. The van der Waals surface area contributed by atoms with E-state index in [0.29, 0.717) is 0 Å². The van der Waals surface area contributed by atoms with Crippen LogP contribution in [0.2, 0.25) is 0 Å². The minimum absolute atomic E-state index is 0.0953. The van der Waals surface area contributed by atoms with E-state index in [1.807, 2.05) is 0 Å². The van der Waals surface area contributed by atoms with Crippen LogP contribution >= 0.6 is 0 Å². The lowest BCUT2D eigenvalue weighted by Crippen LogP contribution is -2.50. The Labute approximate surface area is 148 Å². The summed E-state index contributed by atoms with van der Waals surface area (Å²) in [6.45, 7) is 5.91. The van der Waals surface area contributed by atoms with E-state index in [-0.39, 0.29) is 37.0 Å². The quantitative estimate of drug-likeness (QED) is 0.774. The number of rotatable bonds is 4. The number of hydrogen-bond donors (Lipinski definition) is 1. The Morgan fingerprint density at radius 1 is 1.08 bits per heavy atom. The smallest absolute Gasteiger partial charge is 0.289 e. The fourth-order valence-electron chi connectivity index (χ4n) is 2.41. The van der Waals surface area contributed by atoms with Crippen molar-refractivity contribution in [2.75, 3.05) is 32.4 Å². The minimum Gasteiger partial charge on any atom is -0.438 e. The molecule has 1 aromatic heterocycles. The first kappa shape index (κ1) is 19.9. The molecule has 0 aromatic carbocycles. The van der Waals surface area contributed by atoms with Crippen LogP contribution in [0.3, 0.4) is 0 Å². The van der Waals surface area contributed by atoms with Crippen LogP contribution in [0, 0.1) is 0 Å². The van der Waals surface area contributed by atoms with Gasteiger partial charge in [-0.3, -0.25) is 4.79 Å². The Morgan fingerprint density at radius 2 is 1.64 bits per heavy atom. The maximum absolute atomic E-state index is 12.4. The van der Waals surface area contributed by atoms with Crippen molar-refractivity contribution in [1.82, 2.24) is 13.9 Å². The molecule has 1 N–H and O–H groups in total. The number of nitrogens with zero attached hydrogens (tertiary/aromatic N) is 2. The molecule has 9 nitrogen and oxygen atoms in total. The van der Waals surface area contributed by atoms with Gasteiger partial charge in [-0.05, 0) is 32.9 Å². The third-order valence-corrected chi connectivity index (χ3v) is 6.43. The molecule has 25 heavy (non-hydrogen) atoms. The highest BCUT2D eigenvalue weighted by Gasteiger charge is 2.30. The second kappa shape index (κ2) is 6.71. The Kier molecular flexibility index (Phi) is 5.34. The Balaban J connectivity index is 2.09. The molecule has 2 rings (SSSR count). The van der Waals surface area contributed by atoms with Crippen molar-refractivity contribution in [1.29, 1.82) is 0 Å². The molecule has 0 unspecified atom stereocenters. The number of nitrogens with one attached hydrogen (secondary N) is 1. The van der Waals surface area contributed by atoms with E-state index in [9.17, 15) is 21.6 Å². The van der Waals surface area contributed by atoms with Gasteiger partial charge in [0.2, 0.25) is 15.1 Å². The van der Waals surface area contributed by atoms with E-state index in [0.717, 1.165) is 6.26 Å². The maximum atomic E-state index is 12.4. The zero-order chi connectivity index (χ0) is 19.0. The van der Waals surface area contributed by atoms with Crippen molar-refractivity contribution >= 4 is 26.0 Å². The lowest BCUT2D eigenvalue weighted by atomic mass is 10.1. The molecule has 1 fully saturated rings. The van der Waals surface area contributed by atoms with Gasteiger partial charge in [0.1, 0.15) is 0 Å². The molecule has 0 aliphatic carbocycles. The van der Waals surface area contributed by atoms with Gasteiger partial charge in [-0.25, -0.2) is 21.6 Å². The highest BCUT2D eigenvalue weighted by Crippen LogP contribution is 2.18. The fraction of sp³-hybridized carbons (Fsp3) is 0.643. The number of carbonyl (C=O) groups excluding carboxylic acids is 1. The molecule has 2 heterocycles. The second-order valence-corrected chi connectivity index (χ2v) is 10.5. The van der Waals surface area contributed by atoms with Crippen LogP contribution in [0.25, 0.3) is 0 Å². The van der Waals surface area contributed by atoms with E-state index < -0.39 is 31.5 Å². The molecule has 0 spiro atoms. The predicted octanol–water partition coefficient (Wildman–Crippen LogP) is 0.0738. The van der Waals surface area contributed by atoms with Gasteiger partial charge in [-0.1, -0.05) is 0 Å². The topological polar surface area (TPSA) is 117 Å². The van der Waals surface area contributed by atoms with Gasteiger partial charge >= 0.3 is 0 Å². The molecule has 1 amide bonds. The highest BCUT2D eigenvalue weighted by molar-refractivity contribution is 7.89. The molecule has 11 heteroatoms. The third kappa shape index (κ3) is 5.03. The van der Waals surface area contributed by atoms with E-state index in [4.69, 9.17) is 4.42 Å². The van der Waals surface area contributed by atoms with Crippen molar-refractivity contribution in [2.45, 2.75) is 31.4 Å². The molecular weight excluding hydrogens is 370 g/mol. The predicted molar refractivity (Wildman–Crippen MR) is 91.1 cm³/mol. The summed E-state index contributed by atoms with van der Waals surface area (Å²) in [6.07, 6.45) is 1.12. The molecule has 1 aliphatic heterocycles. The molecule has 1 aromatic rings. The van der Waals surface area contributed by atoms with Gasteiger partial charge in [-0.15, -0.1) is 0 Å². The Hall–Kier alpha value is -1.43. The summed E-state index contributed by atoms with van der Waals surface area (Å²) in [5, 5.41) is -0.333. The van der Waals surface area contributed by atoms with Crippen molar-refractivity contribution < 1.29 is 26.0 Å². The van der Waals surface area contributed by atoms with Gasteiger partial charge in [0.15, 0.2) is 5.76 Å². The zero-order valence-corrected chi connectivity index (χ0v) is 16.3. The number of hydrogen-bond acceptors (Lipinski definition) is 6. The molecule has 0 radical (unpaired) electrons. The van der Waals surface area contributed by atoms with Crippen molar-refractivity contribution in [2.24, 2.45) is 0 Å². The van der Waals surface area contributed by atoms with Crippen LogP contribution in [0.15, 0.2) is 21.6 Å². The first-order chi connectivity index (χ1) is 11.3. The molecule has 1 saturated heterocycles. The number of piperazine rings is 1. The first-order valence-corrected chi connectivity index (χ1v) is 11.0. The van der Waals surface area contributed by atoms with Gasteiger partial charge in [-0.2, -0.15) is 4.31 Å².